The van der Waals surface area contributed by atoms with E-state index in [2.05, 4.69) is 4.90 Å². The molecule has 12 heavy (non-hydrogen) atoms. The molecule has 0 radical (unpaired) electrons. The van der Waals surface area contributed by atoms with Crippen molar-refractivity contribution in [3.63, 3.8) is 0 Å². The van der Waals surface area contributed by atoms with Gasteiger partial charge in [0.25, 0.3) is 0 Å². The van der Waals surface area contributed by atoms with E-state index in [1.54, 1.807) is 0 Å². The van der Waals surface area contributed by atoms with Crippen LogP contribution in [0.3, 0.4) is 0 Å². The molecule has 2 N–H and O–H groups in total. The Morgan fingerprint density at radius 2 is 2.00 bits per heavy atom. The highest BCUT2D eigenvalue weighted by Gasteiger charge is 2.04. The molecule has 3 nitrogen and oxygen atoms in total. The molecular formula is C9H16N2O. The highest BCUT2D eigenvalue weighted by molar-refractivity contribution is 5.75. The Hall–Kier alpha value is -0.990. The second kappa shape index (κ2) is 4.80. The number of piperidine rings is 1. The van der Waals surface area contributed by atoms with E-state index in [0.717, 1.165) is 13.1 Å². The lowest BCUT2D eigenvalue weighted by Gasteiger charge is -2.24. The van der Waals surface area contributed by atoms with Gasteiger partial charge in [0.2, 0.25) is 5.91 Å². The minimum atomic E-state index is -0.261. The van der Waals surface area contributed by atoms with Crippen molar-refractivity contribution in [2.75, 3.05) is 13.1 Å². The summed E-state index contributed by atoms with van der Waals surface area (Å²) in [5, 5.41) is 0. The monoisotopic (exact) mass is 168 g/mol. The third kappa shape index (κ3) is 3.42. The van der Waals surface area contributed by atoms with Crippen LogP contribution in [0.5, 0.6) is 0 Å². The lowest BCUT2D eigenvalue weighted by atomic mass is 10.1. The molecule has 1 heterocycles. The van der Waals surface area contributed by atoms with Gasteiger partial charge in [-0.1, -0.05) is 6.08 Å². The molecule has 0 bridgehead atoms. The van der Waals surface area contributed by atoms with Crippen molar-refractivity contribution >= 4 is 5.91 Å². The zero-order chi connectivity index (χ0) is 8.81. The molecule has 3 heteroatoms. The van der Waals surface area contributed by atoms with Gasteiger partial charge in [0.15, 0.2) is 0 Å². The molecule has 1 aliphatic heterocycles. The smallest absolute Gasteiger partial charge is 0.221 e. The number of amides is 1. The predicted molar refractivity (Wildman–Crippen MR) is 48.4 cm³/mol. The van der Waals surface area contributed by atoms with E-state index in [1.165, 1.54) is 19.3 Å². The molecule has 0 aromatic heterocycles. The van der Waals surface area contributed by atoms with Crippen LogP contribution in [0.2, 0.25) is 0 Å². The van der Waals surface area contributed by atoms with Crippen molar-refractivity contribution in [2.24, 2.45) is 5.73 Å². The van der Waals surface area contributed by atoms with Crippen LogP contribution in [0.1, 0.15) is 25.7 Å². The number of carbonyl (C=O) groups is 1. The zero-order valence-corrected chi connectivity index (χ0v) is 7.33. The van der Waals surface area contributed by atoms with E-state index in [-0.39, 0.29) is 5.91 Å². The molecular weight excluding hydrogens is 152 g/mol. The SMILES string of the molecule is NC(=O)CC=CN1CCCCC1. The van der Waals surface area contributed by atoms with E-state index in [0.29, 0.717) is 6.42 Å². The Labute approximate surface area is 73.2 Å². The van der Waals surface area contributed by atoms with E-state index >= 15 is 0 Å². The number of carbonyl (C=O) groups excluding carboxylic acids is 1. The number of likely N-dealkylation sites (tertiary alicyclic amines) is 1. The Bertz CT molecular complexity index is 171. The molecule has 0 spiro atoms. The maximum atomic E-state index is 10.4. The molecule has 1 fully saturated rings. The topological polar surface area (TPSA) is 46.3 Å². The van der Waals surface area contributed by atoms with E-state index in [4.69, 9.17) is 5.73 Å². The van der Waals surface area contributed by atoms with Crippen molar-refractivity contribution in [1.29, 1.82) is 0 Å². The fourth-order valence-electron chi connectivity index (χ4n) is 1.39. The molecule has 1 aliphatic rings. The normalized spacial score (nSPS) is 18.5. The zero-order valence-electron chi connectivity index (χ0n) is 7.33. The van der Waals surface area contributed by atoms with Crippen molar-refractivity contribution < 1.29 is 4.79 Å². The highest BCUT2D eigenvalue weighted by Crippen LogP contribution is 2.08. The first kappa shape index (κ1) is 9.10. The quantitative estimate of drug-likeness (QED) is 0.679. The Morgan fingerprint density at radius 3 is 2.58 bits per heavy atom. The number of hydrogen-bond acceptors (Lipinski definition) is 2. The number of nitrogens with two attached hydrogens (primary N) is 1. The molecule has 0 atom stereocenters. The van der Waals surface area contributed by atoms with Gasteiger partial charge in [-0.25, -0.2) is 0 Å². The van der Waals surface area contributed by atoms with E-state index < -0.39 is 0 Å². The van der Waals surface area contributed by atoms with Gasteiger partial charge >= 0.3 is 0 Å². The van der Waals surface area contributed by atoms with Crippen LogP contribution >= 0.6 is 0 Å². The molecule has 0 aromatic rings. The second-order valence-electron chi connectivity index (χ2n) is 3.15. The maximum absolute atomic E-state index is 10.4. The lowest BCUT2D eigenvalue weighted by Crippen LogP contribution is -2.24. The fourth-order valence-corrected chi connectivity index (χ4v) is 1.39. The lowest BCUT2D eigenvalue weighted by molar-refractivity contribution is -0.117. The fraction of sp³-hybridized carbons (Fsp3) is 0.667. The van der Waals surface area contributed by atoms with Crippen LogP contribution in [-0.2, 0) is 4.79 Å². The first-order valence-corrected chi connectivity index (χ1v) is 4.48. The summed E-state index contributed by atoms with van der Waals surface area (Å²) in [6.45, 7) is 2.24. The predicted octanol–water partition coefficient (Wildman–Crippen LogP) is 0.861. The maximum Gasteiger partial charge on any atom is 0.221 e. The first-order valence-electron chi connectivity index (χ1n) is 4.48. The Kier molecular flexibility index (Phi) is 3.64. The number of nitrogens with zero attached hydrogens (tertiary/aromatic N) is 1. The highest BCUT2D eigenvalue weighted by atomic mass is 16.1. The summed E-state index contributed by atoms with van der Waals surface area (Å²) in [4.78, 5) is 12.6. The second-order valence-corrected chi connectivity index (χ2v) is 3.15. The minimum absolute atomic E-state index is 0.261. The average molecular weight is 168 g/mol. The van der Waals surface area contributed by atoms with Crippen molar-refractivity contribution in [3.05, 3.63) is 12.3 Å². The largest absolute Gasteiger partial charge is 0.378 e. The molecule has 0 unspecified atom stereocenters. The summed E-state index contributed by atoms with van der Waals surface area (Å²) in [5.41, 5.74) is 5.00. The summed E-state index contributed by atoms with van der Waals surface area (Å²) in [5.74, 6) is -0.261. The minimum Gasteiger partial charge on any atom is -0.378 e. The molecule has 68 valence electrons. The van der Waals surface area contributed by atoms with Crippen LogP contribution in [0.25, 0.3) is 0 Å². The van der Waals surface area contributed by atoms with Crippen LogP contribution < -0.4 is 5.73 Å². The number of primary amides is 1. The average Bonchev–Trinajstić information content (AvgIpc) is 2.05. The summed E-state index contributed by atoms with van der Waals surface area (Å²) in [7, 11) is 0. The molecule has 1 saturated heterocycles. The van der Waals surface area contributed by atoms with Gasteiger partial charge in [-0.3, -0.25) is 4.79 Å². The summed E-state index contributed by atoms with van der Waals surface area (Å²) >= 11 is 0. The van der Waals surface area contributed by atoms with Gasteiger partial charge in [-0.15, -0.1) is 0 Å². The molecule has 0 saturated carbocycles. The van der Waals surface area contributed by atoms with Gasteiger partial charge in [0.1, 0.15) is 0 Å². The number of rotatable bonds is 3. The van der Waals surface area contributed by atoms with Crippen molar-refractivity contribution in [2.45, 2.75) is 25.7 Å². The van der Waals surface area contributed by atoms with Gasteiger partial charge in [0, 0.05) is 19.5 Å². The molecule has 0 aromatic carbocycles. The van der Waals surface area contributed by atoms with E-state index in [9.17, 15) is 4.79 Å². The standard InChI is InChI=1S/C9H16N2O/c10-9(12)5-4-8-11-6-2-1-3-7-11/h4,8H,1-3,5-7H2,(H2,10,12). The Morgan fingerprint density at radius 1 is 1.33 bits per heavy atom. The van der Waals surface area contributed by atoms with Gasteiger partial charge in [0.05, 0.1) is 0 Å². The molecule has 0 aliphatic carbocycles. The summed E-state index contributed by atoms with van der Waals surface area (Å²) < 4.78 is 0. The van der Waals surface area contributed by atoms with Crippen LogP contribution in [-0.4, -0.2) is 23.9 Å². The van der Waals surface area contributed by atoms with Gasteiger partial charge in [-0.05, 0) is 25.5 Å². The van der Waals surface area contributed by atoms with Gasteiger partial charge < -0.3 is 10.6 Å². The third-order valence-electron chi connectivity index (χ3n) is 2.03. The summed E-state index contributed by atoms with van der Waals surface area (Å²) in [6.07, 6.45) is 8.05. The van der Waals surface area contributed by atoms with Crippen LogP contribution in [0.4, 0.5) is 0 Å². The van der Waals surface area contributed by atoms with E-state index in [1.807, 2.05) is 12.3 Å². The first-order chi connectivity index (χ1) is 5.79. The Balaban J connectivity index is 2.19. The summed E-state index contributed by atoms with van der Waals surface area (Å²) in [6, 6.07) is 0. The third-order valence-corrected chi connectivity index (χ3v) is 2.03. The van der Waals surface area contributed by atoms with Gasteiger partial charge in [-0.2, -0.15) is 0 Å². The number of hydrogen-bond donors (Lipinski definition) is 1. The molecule has 1 amide bonds. The van der Waals surface area contributed by atoms with Crippen molar-refractivity contribution in [1.82, 2.24) is 4.90 Å². The van der Waals surface area contributed by atoms with Crippen LogP contribution in [0, 0.1) is 0 Å². The molecule has 1 rings (SSSR count). The van der Waals surface area contributed by atoms with Crippen molar-refractivity contribution in [3.8, 4) is 0 Å². The van der Waals surface area contributed by atoms with Crippen LogP contribution in [0.15, 0.2) is 12.3 Å².